The highest BCUT2D eigenvalue weighted by Gasteiger charge is 2.30. The monoisotopic (exact) mass is 142 g/mol. The van der Waals surface area contributed by atoms with E-state index in [2.05, 4.69) is 0 Å². The maximum Gasteiger partial charge on any atom is 0.361 e. The minimum Gasteiger partial charge on any atom is -0.330 e. The van der Waals surface area contributed by atoms with Gasteiger partial charge in [0.25, 0.3) is 0 Å². The first-order valence-corrected chi connectivity index (χ1v) is 3.82. The van der Waals surface area contributed by atoms with Gasteiger partial charge in [-0.15, -0.1) is 4.90 Å². The zero-order valence-electron chi connectivity index (χ0n) is 6.18. The van der Waals surface area contributed by atoms with Crippen molar-refractivity contribution < 1.29 is 4.79 Å². The molecular formula is C7H14N2O+. The Morgan fingerprint density at radius 3 is 2.90 bits per heavy atom. The van der Waals surface area contributed by atoms with Gasteiger partial charge in [0.1, 0.15) is 13.1 Å². The van der Waals surface area contributed by atoms with Crippen LogP contribution >= 0.6 is 0 Å². The quantitative estimate of drug-likeness (QED) is 0.554. The molecule has 0 aliphatic carbocycles. The molecule has 1 aliphatic heterocycles. The maximum atomic E-state index is 11.0. The van der Waals surface area contributed by atoms with E-state index in [4.69, 9.17) is 5.73 Å². The van der Waals surface area contributed by atoms with Crippen LogP contribution in [0.2, 0.25) is 0 Å². The van der Waals surface area contributed by atoms with E-state index >= 15 is 0 Å². The molecule has 10 heavy (non-hydrogen) atoms. The lowest BCUT2D eigenvalue weighted by molar-refractivity contribution is -0.123. The van der Waals surface area contributed by atoms with Crippen LogP contribution < -0.4 is 10.6 Å². The molecule has 0 bridgehead atoms. The number of carbonyl (C=O) groups excluding carboxylic acids is 1. The second-order valence-electron chi connectivity index (χ2n) is 2.63. The first-order valence-electron chi connectivity index (χ1n) is 3.82. The predicted molar refractivity (Wildman–Crippen MR) is 39.8 cm³/mol. The molecule has 1 rings (SSSR count). The van der Waals surface area contributed by atoms with Crippen molar-refractivity contribution in [2.75, 3.05) is 19.6 Å². The molecule has 0 aromatic carbocycles. The lowest BCUT2D eigenvalue weighted by Crippen LogP contribution is -2.33. The summed E-state index contributed by atoms with van der Waals surface area (Å²) >= 11 is 0. The van der Waals surface area contributed by atoms with Gasteiger partial charge in [0.15, 0.2) is 0 Å². The average Bonchev–Trinajstić information content (AvgIpc) is 2.31. The van der Waals surface area contributed by atoms with Crippen LogP contribution in [0.4, 0.5) is 0 Å². The molecule has 0 spiro atoms. The molecular weight excluding hydrogens is 128 g/mol. The van der Waals surface area contributed by atoms with E-state index in [1.807, 2.05) is 4.90 Å². The molecule has 1 fully saturated rings. The number of amides is 1. The molecule has 57 valence electrons. The molecule has 0 saturated carbocycles. The Morgan fingerprint density at radius 1 is 1.60 bits per heavy atom. The molecule has 0 unspecified atom stereocenters. The number of rotatable bonds is 3. The fourth-order valence-electron chi connectivity index (χ4n) is 1.22. The molecule has 1 amide bonds. The minimum atomic E-state index is 0.299. The molecule has 0 aromatic rings. The molecule has 1 saturated heterocycles. The standard InChI is InChI=1S/C7H14N2O/c8-4-2-6-9-5-1-3-7(9)10/h1-6,8H2/q+1. The van der Waals surface area contributed by atoms with Gasteiger partial charge in [-0.05, 0) is 6.54 Å². The third-order valence-corrected chi connectivity index (χ3v) is 1.80. The molecule has 3 heteroatoms. The highest BCUT2D eigenvalue weighted by atomic mass is 16.2. The third-order valence-electron chi connectivity index (χ3n) is 1.80. The largest absolute Gasteiger partial charge is 0.361 e. The van der Waals surface area contributed by atoms with Crippen molar-refractivity contribution in [2.24, 2.45) is 5.73 Å². The van der Waals surface area contributed by atoms with Crippen molar-refractivity contribution in [3.05, 3.63) is 0 Å². The predicted octanol–water partition coefficient (Wildman–Crippen LogP) is -0.204. The lowest BCUT2D eigenvalue weighted by atomic mass is 10.4. The van der Waals surface area contributed by atoms with Crippen LogP contribution in [0.1, 0.15) is 19.3 Å². The van der Waals surface area contributed by atoms with Crippen molar-refractivity contribution in [3.63, 3.8) is 0 Å². The first kappa shape index (κ1) is 7.69. The van der Waals surface area contributed by atoms with E-state index in [0.29, 0.717) is 12.5 Å². The van der Waals surface area contributed by atoms with E-state index in [9.17, 15) is 4.79 Å². The number of likely N-dealkylation sites (tertiary alicyclic amines) is 1. The van der Waals surface area contributed by atoms with Gasteiger partial charge < -0.3 is 5.73 Å². The van der Waals surface area contributed by atoms with E-state index in [1.54, 1.807) is 0 Å². The average molecular weight is 142 g/mol. The number of nitrogens with two attached hydrogens (primary N) is 1. The van der Waals surface area contributed by atoms with Crippen molar-refractivity contribution in [2.45, 2.75) is 19.3 Å². The van der Waals surface area contributed by atoms with E-state index in [-0.39, 0.29) is 0 Å². The van der Waals surface area contributed by atoms with Gasteiger partial charge in [0.2, 0.25) is 0 Å². The van der Waals surface area contributed by atoms with Crippen LogP contribution in [0.15, 0.2) is 0 Å². The second-order valence-corrected chi connectivity index (χ2v) is 2.63. The fraction of sp³-hybridized carbons (Fsp3) is 0.857. The number of hydrogen-bond acceptors (Lipinski definition) is 2. The van der Waals surface area contributed by atoms with Crippen LogP contribution in [-0.2, 0) is 4.79 Å². The van der Waals surface area contributed by atoms with E-state index in [1.165, 1.54) is 0 Å². The summed E-state index contributed by atoms with van der Waals surface area (Å²) in [6.07, 6.45) is 2.71. The summed E-state index contributed by atoms with van der Waals surface area (Å²) in [7, 11) is 0. The molecule has 0 aromatic heterocycles. The normalized spacial score (nSPS) is 20.3. The number of carbonyl (C=O) groups is 1. The maximum absolute atomic E-state index is 11.0. The van der Waals surface area contributed by atoms with Crippen molar-refractivity contribution in [1.29, 1.82) is 0 Å². The molecule has 1 heterocycles. The Kier molecular flexibility index (Phi) is 2.83. The van der Waals surface area contributed by atoms with Crippen LogP contribution in [-0.4, -0.2) is 25.5 Å². The van der Waals surface area contributed by atoms with Crippen molar-refractivity contribution in [1.82, 2.24) is 4.90 Å². The SMILES string of the molecule is NCCC[N+]1CCCC1=O. The van der Waals surface area contributed by atoms with Gasteiger partial charge in [-0.3, -0.25) is 0 Å². The lowest BCUT2D eigenvalue weighted by Gasteiger charge is -1.99. The molecule has 1 radical (unpaired) electrons. The van der Waals surface area contributed by atoms with E-state index < -0.39 is 0 Å². The summed E-state index contributed by atoms with van der Waals surface area (Å²) in [6, 6.07) is 0. The van der Waals surface area contributed by atoms with Gasteiger partial charge in [-0.1, -0.05) is 0 Å². The van der Waals surface area contributed by atoms with Crippen molar-refractivity contribution >= 4 is 5.91 Å². The Hall–Kier alpha value is -0.410. The fourth-order valence-corrected chi connectivity index (χ4v) is 1.22. The molecule has 0 atom stereocenters. The van der Waals surface area contributed by atoms with Crippen LogP contribution in [0.25, 0.3) is 0 Å². The van der Waals surface area contributed by atoms with Gasteiger partial charge in [0, 0.05) is 12.8 Å². The van der Waals surface area contributed by atoms with Crippen LogP contribution in [0, 0.1) is 0 Å². The molecule has 3 nitrogen and oxygen atoms in total. The highest BCUT2D eigenvalue weighted by molar-refractivity contribution is 5.80. The summed E-state index contributed by atoms with van der Waals surface area (Å²) in [6.45, 7) is 2.48. The topological polar surface area (TPSA) is 49.0 Å². The van der Waals surface area contributed by atoms with Crippen LogP contribution in [0.3, 0.4) is 0 Å². The summed E-state index contributed by atoms with van der Waals surface area (Å²) in [5.41, 5.74) is 5.31. The van der Waals surface area contributed by atoms with Gasteiger partial charge >= 0.3 is 5.91 Å². The number of nitrogens with zero attached hydrogens (tertiary/aromatic N) is 1. The summed E-state index contributed by atoms with van der Waals surface area (Å²) < 4.78 is 0. The minimum absolute atomic E-state index is 0.299. The Balaban J connectivity index is 2.20. The Morgan fingerprint density at radius 2 is 2.40 bits per heavy atom. The number of hydrogen-bond donors (Lipinski definition) is 1. The van der Waals surface area contributed by atoms with Crippen molar-refractivity contribution in [3.8, 4) is 0 Å². The second kappa shape index (κ2) is 3.68. The highest BCUT2D eigenvalue weighted by Crippen LogP contribution is 2.05. The van der Waals surface area contributed by atoms with E-state index in [0.717, 1.165) is 32.4 Å². The van der Waals surface area contributed by atoms with Crippen LogP contribution in [0.5, 0.6) is 0 Å². The summed E-state index contributed by atoms with van der Waals surface area (Å²) in [4.78, 5) is 12.9. The zero-order chi connectivity index (χ0) is 7.40. The Labute approximate surface area is 61.2 Å². The smallest absolute Gasteiger partial charge is 0.330 e. The van der Waals surface area contributed by atoms with Gasteiger partial charge in [0.05, 0.1) is 6.42 Å². The van der Waals surface area contributed by atoms with Gasteiger partial charge in [-0.25, -0.2) is 4.79 Å². The summed E-state index contributed by atoms with van der Waals surface area (Å²) in [5.74, 6) is 0.299. The Bertz CT molecular complexity index is 125. The first-order chi connectivity index (χ1) is 4.84. The third kappa shape index (κ3) is 1.78. The summed E-state index contributed by atoms with van der Waals surface area (Å²) in [5, 5.41) is 0. The molecule has 1 aliphatic rings. The van der Waals surface area contributed by atoms with Gasteiger partial charge in [-0.2, -0.15) is 0 Å². The molecule has 2 N–H and O–H groups in total. The zero-order valence-corrected chi connectivity index (χ0v) is 6.18.